The quantitative estimate of drug-likeness (QED) is 0.574. The molecular formula is C23H33NO3. The molecule has 4 heteroatoms. The molecule has 0 spiro atoms. The lowest BCUT2D eigenvalue weighted by molar-refractivity contribution is -0.140. The van der Waals surface area contributed by atoms with Gasteiger partial charge in [0, 0.05) is 23.1 Å². The van der Waals surface area contributed by atoms with E-state index >= 15 is 0 Å². The van der Waals surface area contributed by atoms with Crippen LogP contribution in [0.1, 0.15) is 53.9 Å². The zero-order chi connectivity index (χ0) is 19.9. The smallest absolute Gasteiger partial charge is 0.256 e. The van der Waals surface area contributed by atoms with Crippen LogP contribution in [0.15, 0.2) is 36.4 Å². The molecule has 0 radical (unpaired) electrons. The van der Waals surface area contributed by atoms with Crippen LogP contribution in [-0.4, -0.2) is 24.7 Å². The Labute approximate surface area is 163 Å². The first-order valence-corrected chi connectivity index (χ1v) is 10.0. The van der Waals surface area contributed by atoms with Gasteiger partial charge in [-0.3, -0.25) is 4.79 Å². The number of hydrogen-bond donors (Lipinski definition) is 1. The molecule has 27 heavy (non-hydrogen) atoms. The third-order valence-corrected chi connectivity index (χ3v) is 4.54. The highest BCUT2D eigenvalue weighted by Gasteiger charge is 2.33. The van der Waals surface area contributed by atoms with Crippen molar-refractivity contribution in [3.8, 4) is 5.75 Å². The number of carbonyl (C=O) groups is 1. The zero-order valence-corrected chi connectivity index (χ0v) is 17.3. The van der Waals surface area contributed by atoms with E-state index in [1.807, 2.05) is 50.2 Å². The largest absolute Gasteiger partial charge is 0.493 e. The van der Waals surface area contributed by atoms with Crippen molar-refractivity contribution >= 4 is 22.4 Å². The number of anilines is 1. The van der Waals surface area contributed by atoms with E-state index in [1.165, 1.54) is 0 Å². The second-order valence-electron chi connectivity index (χ2n) is 7.65. The van der Waals surface area contributed by atoms with E-state index in [0.29, 0.717) is 25.6 Å². The molecule has 0 aromatic heterocycles. The molecule has 2 aromatic rings. The number of amides is 1. The van der Waals surface area contributed by atoms with Crippen LogP contribution >= 0.6 is 0 Å². The van der Waals surface area contributed by atoms with Gasteiger partial charge in [-0.15, -0.1) is 0 Å². The number of ether oxygens (including phenoxy) is 2. The number of carbonyl (C=O) groups excluding carboxylic acids is 1. The molecule has 0 aliphatic rings. The van der Waals surface area contributed by atoms with Gasteiger partial charge in [-0.25, -0.2) is 0 Å². The van der Waals surface area contributed by atoms with Crippen LogP contribution in [0.5, 0.6) is 5.75 Å². The molecule has 0 aliphatic carbocycles. The maximum absolute atomic E-state index is 13.0. The molecule has 2 rings (SSSR count). The Morgan fingerprint density at radius 1 is 1.07 bits per heavy atom. The van der Waals surface area contributed by atoms with Crippen molar-refractivity contribution in [2.45, 2.75) is 59.5 Å². The van der Waals surface area contributed by atoms with Crippen LogP contribution < -0.4 is 10.1 Å². The van der Waals surface area contributed by atoms with E-state index in [2.05, 4.69) is 26.1 Å². The average Bonchev–Trinajstić information content (AvgIpc) is 2.65. The highest BCUT2D eigenvalue weighted by Crippen LogP contribution is 2.33. The van der Waals surface area contributed by atoms with Gasteiger partial charge >= 0.3 is 0 Å². The molecule has 1 N–H and O–H groups in total. The summed E-state index contributed by atoms with van der Waals surface area (Å²) in [5.74, 6) is 1.20. The zero-order valence-electron chi connectivity index (χ0n) is 17.3. The summed E-state index contributed by atoms with van der Waals surface area (Å²) in [5.41, 5.74) is -0.0338. The maximum atomic E-state index is 13.0. The predicted molar refractivity (Wildman–Crippen MR) is 112 cm³/mol. The Morgan fingerprint density at radius 3 is 2.41 bits per heavy atom. The Balaban J connectivity index is 2.30. The molecule has 0 aliphatic heterocycles. The molecule has 1 amide bonds. The molecule has 0 saturated carbocycles. The van der Waals surface area contributed by atoms with Gasteiger partial charge in [0.15, 0.2) is 0 Å². The summed E-state index contributed by atoms with van der Waals surface area (Å²) in [4.78, 5) is 13.0. The van der Waals surface area contributed by atoms with Crippen LogP contribution in [0.3, 0.4) is 0 Å². The Bertz CT molecular complexity index is 756. The van der Waals surface area contributed by atoms with Crippen molar-refractivity contribution in [2.75, 3.05) is 18.5 Å². The van der Waals surface area contributed by atoms with Crippen LogP contribution in [0.25, 0.3) is 10.8 Å². The molecular weight excluding hydrogens is 338 g/mol. The van der Waals surface area contributed by atoms with Gasteiger partial charge in [-0.05, 0) is 37.8 Å². The minimum atomic E-state index is -0.821. The molecule has 148 valence electrons. The molecule has 1 atom stereocenters. The van der Waals surface area contributed by atoms with Crippen molar-refractivity contribution in [2.24, 2.45) is 5.92 Å². The van der Waals surface area contributed by atoms with Gasteiger partial charge in [-0.1, -0.05) is 58.4 Å². The Kier molecular flexibility index (Phi) is 7.66. The highest BCUT2D eigenvalue weighted by molar-refractivity contribution is 6.06. The number of fused-ring (bicyclic) bond motifs is 1. The second kappa shape index (κ2) is 9.75. The lowest BCUT2D eigenvalue weighted by Crippen LogP contribution is -2.43. The van der Waals surface area contributed by atoms with E-state index < -0.39 is 5.60 Å². The molecule has 0 bridgehead atoms. The molecule has 0 saturated heterocycles. The monoisotopic (exact) mass is 371 g/mol. The third-order valence-electron chi connectivity index (χ3n) is 4.54. The van der Waals surface area contributed by atoms with Gasteiger partial charge in [0.2, 0.25) is 0 Å². The van der Waals surface area contributed by atoms with E-state index in [-0.39, 0.29) is 5.91 Å². The summed E-state index contributed by atoms with van der Waals surface area (Å²) in [5, 5.41) is 5.07. The summed E-state index contributed by atoms with van der Waals surface area (Å²) in [7, 11) is 0. The van der Waals surface area contributed by atoms with Crippen molar-refractivity contribution in [1.29, 1.82) is 0 Å². The van der Waals surface area contributed by atoms with E-state index in [0.717, 1.165) is 35.1 Å². The van der Waals surface area contributed by atoms with Crippen LogP contribution in [-0.2, 0) is 9.53 Å². The fraction of sp³-hybridized carbons (Fsp3) is 0.522. The Morgan fingerprint density at radius 2 is 1.78 bits per heavy atom. The maximum Gasteiger partial charge on any atom is 0.256 e. The van der Waals surface area contributed by atoms with Gasteiger partial charge in [0.05, 0.1) is 6.61 Å². The number of hydrogen-bond acceptors (Lipinski definition) is 3. The van der Waals surface area contributed by atoms with E-state index in [4.69, 9.17) is 9.47 Å². The summed E-state index contributed by atoms with van der Waals surface area (Å²) in [6.45, 7) is 11.5. The van der Waals surface area contributed by atoms with Gasteiger partial charge in [-0.2, -0.15) is 0 Å². The average molecular weight is 372 g/mol. The van der Waals surface area contributed by atoms with E-state index in [1.54, 1.807) is 0 Å². The lowest BCUT2D eigenvalue weighted by Gasteiger charge is -2.28. The number of benzene rings is 2. The fourth-order valence-corrected chi connectivity index (χ4v) is 3.07. The summed E-state index contributed by atoms with van der Waals surface area (Å²) in [6.07, 6.45) is 2.46. The molecule has 2 aromatic carbocycles. The SMILES string of the molecule is CCCOC(C)(CCC)C(=O)Nc1ccc(OCC(C)C)c2ccccc12. The first-order valence-electron chi connectivity index (χ1n) is 10.0. The number of rotatable bonds is 10. The molecule has 0 fully saturated rings. The molecule has 0 heterocycles. The van der Waals surface area contributed by atoms with Crippen LogP contribution in [0.4, 0.5) is 5.69 Å². The first kappa shape index (κ1) is 21.2. The molecule has 4 nitrogen and oxygen atoms in total. The third kappa shape index (κ3) is 5.46. The summed E-state index contributed by atoms with van der Waals surface area (Å²) in [6, 6.07) is 11.9. The minimum Gasteiger partial charge on any atom is -0.493 e. The summed E-state index contributed by atoms with van der Waals surface area (Å²) < 4.78 is 11.9. The number of nitrogens with one attached hydrogen (secondary N) is 1. The van der Waals surface area contributed by atoms with Gasteiger partial charge in [0.25, 0.3) is 5.91 Å². The van der Waals surface area contributed by atoms with Crippen molar-refractivity contribution in [3.05, 3.63) is 36.4 Å². The highest BCUT2D eigenvalue weighted by atomic mass is 16.5. The summed E-state index contributed by atoms with van der Waals surface area (Å²) >= 11 is 0. The van der Waals surface area contributed by atoms with Crippen LogP contribution in [0.2, 0.25) is 0 Å². The standard InChI is InChI=1S/C23H33NO3/c1-6-14-23(5,27-15-7-2)22(25)24-20-12-13-21(26-16-17(3)4)19-11-9-8-10-18(19)20/h8-13,17H,6-7,14-16H2,1-5H3,(H,24,25). The fourth-order valence-electron chi connectivity index (χ4n) is 3.07. The second-order valence-corrected chi connectivity index (χ2v) is 7.65. The van der Waals surface area contributed by atoms with Gasteiger partial charge in [0.1, 0.15) is 11.4 Å². The topological polar surface area (TPSA) is 47.6 Å². The predicted octanol–water partition coefficient (Wildman–Crippen LogP) is 5.80. The normalized spacial score (nSPS) is 13.6. The molecule has 1 unspecified atom stereocenters. The van der Waals surface area contributed by atoms with Crippen molar-refractivity contribution < 1.29 is 14.3 Å². The van der Waals surface area contributed by atoms with Crippen LogP contribution in [0, 0.1) is 5.92 Å². The minimum absolute atomic E-state index is 0.0983. The first-order chi connectivity index (χ1) is 12.9. The van der Waals surface area contributed by atoms with Crippen molar-refractivity contribution in [3.63, 3.8) is 0 Å². The lowest BCUT2D eigenvalue weighted by atomic mass is 9.98. The van der Waals surface area contributed by atoms with Crippen molar-refractivity contribution in [1.82, 2.24) is 0 Å². The Hall–Kier alpha value is -2.07. The van der Waals surface area contributed by atoms with Gasteiger partial charge < -0.3 is 14.8 Å². The van der Waals surface area contributed by atoms with E-state index in [9.17, 15) is 4.79 Å².